The number of nitrogens with one attached hydrogen (secondary N) is 1. The van der Waals surface area contributed by atoms with Crippen molar-refractivity contribution in [2.75, 3.05) is 18.5 Å². The van der Waals surface area contributed by atoms with E-state index in [-0.39, 0.29) is 21.5 Å². The van der Waals surface area contributed by atoms with Crippen LogP contribution < -0.4 is 5.32 Å². The van der Waals surface area contributed by atoms with Crippen LogP contribution in [0, 0.1) is 11.8 Å². The molecule has 1 N–H and O–H groups in total. The first kappa shape index (κ1) is 20.0. The van der Waals surface area contributed by atoms with Gasteiger partial charge in [0.25, 0.3) is 5.91 Å². The molecule has 1 saturated carbocycles. The van der Waals surface area contributed by atoms with Crippen molar-refractivity contribution in [1.82, 2.24) is 4.90 Å². The lowest BCUT2D eigenvalue weighted by atomic mass is 9.81. The van der Waals surface area contributed by atoms with Gasteiger partial charge in [-0.05, 0) is 25.0 Å². The summed E-state index contributed by atoms with van der Waals surface area (Å²) in [5, 5.41) is 2.58. The third kappa shape index (κ3) is 4.57. The first-order valence-electron chi connectivity index (χ1n) is 8.50. The molecule has 144 valence electrons. The Kier molecular flexibility index (Phi) is 6.31. The van der Waals surface area contributed by atoms with Gasteiger partial charge in [0.1, 0.15) is 6.54 Å². The van der Waals surface area contributed by atoms with E-state index in [2.05, 4.69) is 37.2 Å². The lowest BCUT2D eigenvalue weighted by Gasteiger charge is -2.29. The van der Waals surface area contributed by atoms with Crippen molar-refractivity contribution in [3.05, 3.63) is 30.3 Å². The highest BCUT2D eigenvalue weighted by Crippen LogP contribution is 2.43. The van der Waals surface area contributed by atoms with Crippen LogP contribution in [0.2, 0.25) is 0 Å². The van der Waals surface area contributed by atoms with Gasteiger partial charge in [0.2, 0.25) is 11.8 Å². The Hall–Kier alpha value is -1.74. The summed E-state index contributed by atoms with van der Waals surface area (Å²) in [5.74, 6) is -2.80. The maximum absolute atomic E-state index is 12.5. The fraction of sp³-hybridized carbons (Fsp3) is 0.444. The molecule has 3 rings (SSSR count). The van der Waals surface area contributed by atoms with Gasteiger partial charge in [-0.25, -0.2) is 0 Å². The van der Waals surface area contributed by atoms with E-state index in [4.69, 9.17) is 4.74 Å². The molecule has 0 aromatic heterocycles. The standard InChI is InChI=1S/C18H18Br2N2O5/c19-13-6-11-12(7-14(13)20)18(26)22(17(11)25)8-16(24)27-9-15(23)21-10-4-2-1-3-5-10/h1-5,11-14H,6-9H2,(H,21,23)/t11-,12-,13-,14+/m1/s1. The van der Waals surface area contributed by atoms with Crippen molar-refractivity contribution in [3.8, 4) is 0 Å². The van der Waals surface area contributed by atoms with Crippen LogP contribution in [0.5, 0.6) is 0 Å². The molecule has 2 fully saturated rings. The summed E-state index contributed by atoms with van der Waals surface area (Å²) in [7, 11) is 0. The lowest BCUT2D eigenvalue weighted by molar-refractivity contribution is -0.154. The smallest absolute Gasteiger partial charge is 0.326 e. The van der Waals surface area contributed by atoms with Gasteiger partial charge in [0, 0.05) is 15.3 Å². The second-order valence-corrected chi connectivity index (χ2v) is 8.91. The largest absolute Gasteiger partial charge is 0.454 e. The highest BCUT2D eigenvalue weighted by atomic mass is 79.9. The third-order valence-corrected chi connectivity index (χ3v) is 7.45. The topological polar surface area (TPSA) is 92.8 Å². The Morgan fingerprint density at radius 3 is 2.15 bits per heavy atom. The van der Waals surface area contributed by atoms with Crippen molar-refractivity contribution >= 4 is 61.2 Å². The molecule has 9 heteroatoms. The monoisotopic (exact) mass is 500 g/mol. The first-order chi connectivity index (χ1) is 12.9. The summed E-state index contributed by atoms with van der Waals surface area (Å²) in [6, 6.07) is 8.75. The summed E-state index contributed by atoms with van der Waals surface area (Å²) in [6.45, 7) is -0.951. The quantitative estimate of drug-likeness (QED) is 0.379. The number of carbonyl (C=O) groups excluding carboxylic acids is 4. The number of carbonyl (C=O) groups is 4. The Morgan fingerprint density at radius 2 is 1.59 bits per heavy atom. The number of imide groups is 1. The highest BCUT2D eigenvalue weighted by Gasteiger charge is 2.52. The molecule has 1 saturated heterocycles. The number of benzene rings is 1. The fourth-order valence-electron chi connectivity index (χ4n) is 3.36. The van der Waals surface area contributed by atoms with Crippen molar-refractivity contribution in [3.63, 3.8) is 0 Å². The van der Waals surface area contributed by atoms with Gasteiger partial charge in [-0.3, -0.25) is 24.1 Å². The van der Waals surface area contributed by atoms with Crippen LogP contribution in [0.15, 0.2) is 30.3 Å². The van der Waals surface area contributed by atoms with Gasteiger partial charge < -0.3 is 10.1 Å². The number of rotatable bonds is 5. The van der Waals surface area contributed by atoms with Crippen LogP contribution in [0.4, 0.5) is 5.69 Å². The van der Waals surface area contributed by atoms with Crippen molar-refractivity contribution in [1.29, 1.82) is 0 Å². The Balaban J connectivity index is 1.51. The molecule has 7 nitrogen and oxygen atoms in total. The Labute approximate surface area is 173 Å². The first-order valence-corrected chi connectivity index (χ1v) is 10.3. The molecule has 1 heterocycles. The number of amides is 3. The zero-order valence-corrected chi connectivity index (χ0v) is 17.4. The van der Waals surface area contributed by atoms with Crippen LogP contribution in [0.1, 0.15) is 12.8 Å². The highest BCUT2D eigenvalue weighted by molar-refractivity contribution is 9.12. The molecule has 0 bridgehead atoms. The number of esters is 1. The minimum Gasteiger partial charge on any atom is -0.454 e. The van der Waals surface area contributed by atoms with Gasteiger partial charge in [0.15, 0.2) is 6.61 Å². The van der Waals surface area contributed by atoms with Gasteiger partial charge in [0.05, 0.1) is 11.8 Å². The molecule has 2 aliphatic rings. The van der Waals surface area contributed by atoms with E-state index in [9.17, 15) is 19.2 Å². The van der Waals surface area contributed by atoms with Gasteiger partial charge in [-0.1, -0.05) is 50.1 Å². The number of fused-ring (bicyclic) bond motifs is 1. The Bertz CT molecular complexity index is 729. The maximum atomic E-state index is 12.5. The molecule has 27 heavy (non-hydrogen) atoms. The number of likely N-dealkylation sites (tertiary alicyclic amines) is 1. The second kappa shape index (κ2) is 8.52. The van der Waals surface area contributed by atoms with Crippen LogP contribution >= 0.6 is 31.9 Å². The third-order valence-electron chi connectivity index (χ3n) is 4.71. The zero-order chi connectivity index (χ0) is 19.6. The van der Waals surface area contributed by atoms with Crippen LogP contribution in [0.3, 0.4) is 0 Å². The molecule has 1 aliphatic heterocycles. The van der Waals surface area contributed by atoms with Crippen LogP contribution in [-0.2, 0) is 23.9 Å². The number of alkyl halides is 2. The molecule has 0 radical (unpaired) electrons. The normalized spacial score (nSPS) is 27.3. The minimum absolute atomic E-state index is 0.101. The predicted molar refractivity (Wildman–Crippen MR) is 104 cm³/mol. The van der Waals surface area contributed by atoms with E-state index in [1.807, 2.05) is 6.07 Å². The molecular formula is C18H18Br2N2O5. The van der Waals surface area contributed by atoms with Crippen LogP contribution in [0.25, 0.3) is 0 Å². The summed E-state index contributed by atoms with van der Waals surface area (Å²) < 4.78 is 4.91. The number of hydrogen-bond donors (Lipinski definition) is 1. The molecule has 4 atom stereocenters. The van der Waals surface area contributed by atoms with Gasteiger partial charge in [-0.2, -0.15) is 0 Å². The average molecular weight is 502 g/mol. The van der Waals surface area contributed by atoms with E-state index >= 15 is 0 Å². The second-order valence-electron chi connectivity index (χ2n) is 6.55. The van der Waals surface area contributed by atoms with Crippen molar-refractivity contribution in [2.45, 2.75) is 22.5 Å². The molecule has 0 unspecified atom stereocenters. The molecule has 1 aromatic carbocycles. The van der Waals surface area contributed by atoms with Crippen LogP contribution in [-0.4, -0.2) is 51.4 Å². The molecular weight excluding hydrogens is 484 g/mol. The molecule has 1 aliphatic carbocycles. The van der Waals surface area contributed by atoms with Gasteiger partial charge in [-0.15, -0.1) is 0 Å². The SMILES string of the molecule is O=C(COC(=O)CN1C(=O)[C@@H]2C[C@@H](Br)[C@@H](Br)C[C@H]2C1=O)Nc1ccccc1. The summed E-state index contributed by atoms with van der Waals surface area (Å²) >= 11 is 7.02. The summed E-state index contributed by atoms with van der Waals surface area (Å²) in [6.07, 6.45) is 1.08. The fourth-order valence-corrected chi connectivity index (χ4v) is 4.60. The molecule has 0 spiro atoms. The minimum atomic E-state index is -0.788. The zero-order valence-electron chi connectivity index (χ0n) is 14.3. The number of anilines is 1. The summed E-state index contributed by atoms with van der Waals surface area (Å²) in [4.78, 5) is 50.0. The lowest BCUT2D eigenvalue weighted by Crippen LogP contribution is -2.37. The number of ether oxygens (including phenoxy) is 1. The summed E-state index contributed by atoms with van der Waals surface area (Å²) in [5.41, 5.74) is 0.584. The van der Waals surface area contributed by atoms with E-state index < -0.39 is 36.9 Å². The molecule has 1 aromatic rings. The number of hydrogen-bond acceptors (Lipinski definition) is 5. The number of para-hydroxylation sites is 1. The number of halogens is 2. The van der Waals surface area contributed by atoms with Crippen molar-refractivity contribution < 1.29 is 23.9 Å². The number of nitrogens with zero attached hydrogens (tertiary/aromatic N) is 1. The predicted octanol–water partition coefficient (Wildman–Crippen LogP) is 2.09. The Morgan fingerprint density at radius 1 is 1.04 bits per heavy atom. The molecule has 3 amide bonds. The van der Waals surface area contributed by atoms with E-state index in [1.165, 1.54) is 0 Å². The van der Waals surface area contributed by atoms with Gasteiger partial charge >= 0.3 is 5.97 Å². The average Bonchev–Trinajstić information content (AvgIpc) is 2.86. The van der Waals surface area contributed by atoms with E-state index in [1.54, 1.807) is 24.3 Å². The maximum Gasteiger partial charge on any atom is 0.326 e. The van der Waals surface area contributed by atoms with Crippen molar-refractivity contribution in [2.24, 2.45) is 11.8 Å². The van der Waals surface area contributed by atoms with E-state index in [0.717, 1.165) is 4.90 Å². The van der Waals surface area contributed by atoms with E-state index in [0.29, 0.717) is 18.5 Å².